The number of carboxylic acid groups (broad SMARTS) is 1. The van der Waals surface area contributed by atoms with Crippen molar-refractivity contribution < 1.29 is 24.2 Å². The van der Waals surface area contributed by atoms with E-state index in [-0.39, 0.29) is 11.7 Å². The third kappa shape index (κ3) is 6.51. The Labute approximate surface area is 188 Å². The molecular formula is C24H31N3O5. The van der Waals surface area contributed by atoms with Gasteiger partial charge in [-0.05, 0) is 49.6 Å². The van der Waals surface area contributed by atoms with E-state index in [1.165, 1.54) is 6.20 Å². The molecule has 0 unspecified atom stereocenters. The van der Waals surface area contributed by atoms with Crippen LogP contribution in [0.25, 0.3) is 11.1 Å². The number of piperazine rings is 1. The maximum absolute atomic E-state index is 11.6. The van der Waals surface area contributed by atoms with Crippen molar-refractivity contribution in [3.05, 3.63) is 47.8 Å². The van der Waals surface area contributed by atoms with Gasteiger partial charge in [0.15, 0.2) is 5.69 Å². The molecule has 0 saturated carbocycles. The van der Waals surface area contributed by atoms with E-state index in [0.717, 1.165) is 56.0 Å². The Morgan fingerprint density at radius 1 is 1.09 bits per heavy atom. The fourth-order valence-corrected chi connectivity index (χ4v) is 3.86. The van der Waals surface area contributed by atoms with Crippen LogP contribution in [0, 0.1) is 6.92 Å². The zero-order valence-corrected chi connectivity index (χ0v) is 18.7. The maximum atomic E-state index is 11.6. The standard InChI is InChI=1S/C24H31N3O5/c1-3-31-22(28)17-27-13-11-26(12-14-27)10-5-15-32-19-7-8-20(18(2)16-19)21-6-4-9-25-23(21)24(29)30/h4,6-9,16H,3,5,10-15,17H2,1-2H3,(H,29,30). The molecule has 0 bridgehead atoms. The van der Waals surface area contributed by atoms with E-state index in [9.17, 15) is 14.7 Å². The fourth-order valence-electron chi connectivity index (χ4n) is 3.86. The molecule has 3 rings (SSSR count). The van der Waals surface area contributed by atoms with Crippen molar-refractivity contribution in [2.45, 2.75) is 20.3 Å². The van der Waals surface area contributed by atoms with Crippen molar-refractivity contribution >= 4 is 11.9 Å². The summed E-state index contributed by atoms with van der Waals surface area (Å²) in [5.41, 5.74) is 2.43. The Morgan fingerprint density at radius 2 is 1.84 bits per heavy atom. The molecule has 1 aliphatic rings. The summed E-state index contributed by atoms with van der Waals surface area (Å²) in [6.45, 7) is 9.71. The molecule has 32 heavy (non-hydrogen) atoms. The molecule has 1 aromatic carbocycles. The van der Waals surface area contributed by atoms with E-state index >= 15 is 0 Å². The minimum atomic E-state index is -1.04. The van der Waals surface area contributed by atoms with Gasteiger partial charge in [-0.15, -0.1) is 0 Å². The van der Waals surface area contributed by atoms with E-state index in [4.69, 9.17) is 9.47 Å². The predicted molar refractivity (Wildman–Crippen MR) is 121 cm³/mol. The zero-order valence-electron chi connectivity index (χ0n) is 18.7. The molecule has 0 radical (unpaired) electrons. The first kappa shape index (κ1) is 23.7. The van der Waals surface area contributed by atoms with Gasteiger partial charge in [0.1, 0.15) is 5.75 Å². The summed E-state index contributed by atoms with van der Waals surface area (Å²) in [5, 5.41) is 9.38. The molecule has 0 aliphatic carbocycles. The number of aromatic nitrogens is 1. The van der Waals surface area contributed by atoms with Gasteiger partial charge in [-0.1, -0.05) is 12.1 Å². The number of aryl methyl sites for hydroxylation is 1. The number of ether oxygens (including phenoxy) is 2. The first-order chi connectivity index (χ1) is 15.5. The van der Waals surface area contributed by atoms with Crippen molar-refractivity contribution in [1.82, 2.24) is 14.8 Å². The molecule has 2 aromatic rings. The summed E-state index contributed by atoms with van der Waals surface area (Å²) in [7, 11) is 0. The molecule has 172 valence electrons. The monoisotopic (exact) mass is 441 g/mol. The number of carbonyl (C=O) groups excluding carboxylic acids is 1. The van der Waals surface area contributed by atoms with E-state index < -0.39 is 5.97 Å². The largest absolute Gasteiger partial charge is 0.494 e. The topological polar surface area (TPSA) is 92.2 Å². The van der Waals surface area contributed by atoms with Crippen molar-refractivity contribution in [3.8, 4) is 16.9 Å². The minimum Gasteiger partial charge on any atom is -0.494 e. The van der Waals surface area contributed by atoms with Crippen molar-refractivity contribution in [2.24, 2.45) is 0 Å². The zero-order chi connectivity index (χ0) is 22.9. The predicted octanol–water partition coefficient (Wildman–Crippen LogP) is 2.70. The Morgan fingerprint density at radius 3 is 2.53 bits per heavy atom. The average molecular weight is 442 g/mol. The molecular weight excluding hydrogens is 410 g/mol. The summed E-state index contributed by atoms with van der Waals surface area (Å²) >= 11 is 0. The van der Waals surface area contributed by atoms with Gasteiger partial charge in [-0.25, -0.2) is 9.78 Å². The normalized spacial score (nSPS) is 14.8. The van der Waals surface area contributed by atoms with Gasteiger partial charge in [0.05, 0.1) is 19.8 Å². The smallest absolute Gasteiger partial charge is 0.355 e. The lowest BCUT2D eigenvalue weighted by atomic mass is 9.99. The number of pyridine rings is 1. The Bertz CT molecular complexity index is 926. The van der Waals surface area contributed by atoms with Crippen molar-refractivity contribution in [1.29, 1.82) is 0 Å². The molecule has 1 saturated heterocycles. The molecule has 1 N–H and O–H groups in total. The second-order valence-corrected chi connectivity index (χ2v) is 7.81. The summed E-state index contributed by atoms with van der Waals surface area (Å²) in [5.74, 6) is -0.424. The molecule has 1 aromatic heterocycles. The van der Waals surface area contributed by atoms with Gasteiger partial charge in [-0.2, -0.15) is 0 Å². The molecule has 8 heteroatoms. The molecule has 1 aliphatic heterocycles. The second-order valence-electron chi connectivity index (χ2n) is 7.81. The molecule has 8 nitrogen and oxygen atoms in total. The van der Waals surface area contributed by atoms with Crippen LogP contribution in [0.5, 0.6) is 5.75 Å². The number of rotatable bonds is 10. The van der Waals surface area contributed by atoms with Crippen LogP contribution >= 0.6 is 0 Å². The van der Waals surface area contributed by atoms with Crippen LogP contribution in [0.1, 0.15) is 29.4 Å². The summed E-state index contributed by atoms with van der Waals surface area (Å²) in [6.07, 6.45) is 2.39. The van der Waals surface area contributed by atoms with Gasteiger partial charge in [0.25, 0.3) is 0 Å². The summed E-state index contributed by atoms with van der Waals surface area (Å²) in [6, 6.07) is 9.20. The van der Waals surface area contributed by atoms with Gasteiger partial charge in [0, 0.05) is 44.5 Å². The molecule has 0 spiro atoms. The number of carboxylic acids is 1. The quantitative estimate of drug-likeness (QED) is 0.445. The van der Waals surface area contributed by atoms with Gasteiger partial charge < -0.3 is 19.5 Å². The number of hydrogen-bond donors (Lipinski definition) is 1. The van der Waals surface area contributed by atoms with Crippen LogP contribution in [0.3, 0.4) is 0 Å². The number of benzene rings is 1. The highest BCUT2D eigenvalue weighted by Crippen LogP contribution is 2.28. The number of aromatic carboxylic acids is 1. The Balaban J connectivity index is 1.43. The Kier molecular flexibility index (Phi) is 8.58. The van der Waals surface area contributed by atoms with Gasteiger partial charge in [-0.3, -0.25) is 9.69 Å². The highest BCUT2D eigenvalue weighted by molar-refractivity contribution is 5.94. The van der Waals surface area contributed by atoms with E-state index in [2.05, 4.69) is 14.8 Å². The first-order valence-electron chi connectivity index (χ1n) is 11.0. The fraction of sp³-hybridized carbons (Fsp3) is 0.458. The second kappa shape index (κ2) is 11.6. The minimum absolute atomic E-state index is 0.0478. The molecule has 1 fully saturated rings. The van der Waals surface area contributed by atoms with Crippen molar-refractivity contribution in [3.63, 3.8) is 0 Å². The number of esters is 1. The first-order valence-corrected chi connectivity index (χ1v) is 11.0. The lowest BCUT2D eigenvalue weighted by Crippen LogP contribution is -2.48. The number of carbonyl (C=O) groups is 2. The van der Waals surface area contributed by atoms with Crippen LogP contribution in [-0.4, -0.2) is 84.3 Å². The van der Waals surface area contributed by atoms with Crippen LogP contribution in [0.4, 0.5) is 0 Å². The summed E-state index contributed by atoms with van der Waals surface area (Å²) < 4.78 is 10.9. The molecule has 0 atom stereocenters. The van der Waals surface area contributed by atoms with Crippen LogP contribution in [0.15, 0.2) is 36.5 Å². The van der Waals surface area contributed by atoms with Crippen LogP contribution in [-0.2, 0) is 9.53 Å². The van der Waals surface area contributed by atoms with Gasteiger partial charge >= 0.3 is 11.9 Å². The maximum Gasteiger partial charge on any atom is 0.355 e. The SMILES string of the molecule is CCOC(=O)CN1CCN(CCCOc2ccc(-c3cccnc3C(=O)O)c(C)c2)CC1. The highest BCUT2D eigenvalue weighted by Gasteiger charge is 2.19. The third-order valence-corrected chi connectivity index (χ3v) is 5.51. The third-order valence-electron chi connectivity index (χ3n) is 5.51. The van der Waals surface area contributed by atoms with Crippen LogP contribution in [0.2, 0.25) is 0 Å². The van der Waals surface area contributed by atoms with E-state index in [1.54, 1.807) is 12.1 Å². The molecule has 2 heterocycles. The number of hydrogen-bond acceptors (Lipinski definition) is 7. The van der Waals surface area contributed by atoms with Crippen LogP contribution < -0.4 is 4.74 Å². The highest BCUT2D eigenvalue weighted by atomic mass is 16.5. The lowest BCUT2D eigenvalue weighted by molar-refractivity contribution is -0.144. The molecule has 0 amide bonds. The average Bonchev–Trinajstić information content (AvgIpc) is 2.78. The van der Waals surface area contributed by atoms with Crippen molar-refractivity contribution in [2.75, 3.05) is 52.5 Å². The Hall–Kier alpha value is -2.97. The van der Waals surface area contributed by atoms with E-state index in [1.807, 2.05) is 32.0 Å². The van der Waals surface area contributed by atoms with E-state index in [0.29, 0.717) is 25.3 Å². The summed E-state index contributed by atoms with van der Waals surface area (Å²) in [4.78, 5) is 31.5. The van der Waals surface area contributed by atoms with Gasteiger partial charge in [0.2, 0.25) is 0 Å². The number of nitrogens with zero attached hydrogens (tertiary/aromatic N) is 3. The lowest BCUT2D eigenvalue weighted by Gasteiger charge is -2.34.